The number of fused-ring (bicyclic) bond motifs is 6. The molecule has 0 amide bonds. The lowest BCUT2D eigenvalue weighted by Gasteiger charge is -2.21. The van der Waals surface area contributed by atoms with Gasteiger partial charge in [0.25, 0.3) is 6.73 Å². The fourth-order valence-corrected chi connectivity index (χ4v) is 6.18. The molecule has 1 aliphatic heterocycles. The molecule has 1 aromatic heterocycles. The van der Waals surface area contributed by atoms with E-state index in [1.165, 1.54) is 65.6 Å². The van der Waals surface area contributed by atoms with E-state index in [2.05, 4.69) is 103 Å². The fourth-order valence-electron chi connectivity index (χ4n) is 6.18. The molecule has 1 aliphatic carbocycles. The Morgan fingerprint density at radius 3 is 2.00 bits per heavy atom. The molecule has 0 radical (unpaired) electrons. The van der Waals surface area contributed by atoms with Crippen LogP contribution in [0.25, 0.3) is 54.5 Å². The first-order chi connectivity index (χ1) is 16.1. The minimum atomic E-state index is -0.0888. The van der Waals surface area contributed by atoms with Crippen LogP contribution in [0.1, 0.15) is 25.0 Å². The van der Waals surface area contributed by atoms with Gasteiger partial charge in [0.1, 0.15) is 5.75 Å². The SMILES string of the molecule is CC1(C)c2cc3cc4ccccc4cc3c3c2-c2c1cc1cc4ccccc4cc1[n+]2CO3. The van der Waals surface area contributed by atoms with Crippen molar-refractivity contribution in [1.29, 1.82) is 0 Å². The Morgan fingerprint density at radius 1 is 0.667 bits per heavy atom. The van der Waals surface area contributed by atoms with E-state index < -0.39 is 0 Å². The van der Waals surface area contributed by atoms with E-state index in [1.807, 2.05) is 0 Å². The number of hydrogen-bond donors (Lipinski definition) is 0. The highest BCUT2D eigenvalue weighted by atomic mass is 16.5. The molecule has 2 heteroatoms. The summed E-state index contributed by atoms with van der Waals surface area (Å²) >= 11 is 0. The van der Waals surface area contributed by atoms with Gasteiger partial charge in [-0.1, -0.05) is 62.4 Å². The van der Waals surface area contributed by atoms with Crippen molar-refractivity contribution < 1.29 is 9.30 Å². The number of nitrogens with zero attached hydrogens (tertiary/aromatic N) is 1. The summed E-state index contributed by atoms with van der Waals surface area (Å²) in [5, 5.41) is 8.81. The smallest absolute Gasteiger partial charge is 0.293 e. The molecule has 2 aliphatic rings. The zero-order valence-corrected chi connectivity index (χ0v) is 18.6. The molecule has 156 valence electrons. The molecule has 0 N–H and O–H groups in total. The lowest BCUT2D eigenvalue weighted by molar-refractivity contribution is -0.693. The Balaban J connectivity index is 1.54. The highest BCUT2D eigenvalue weighted by molar-refractivity contribution is 6.06. The van der Waals surface area contributed by atoms with Crippen LogP contribution < -0.4 is 9.30 Å². The van der Waals surface area contributed by atoms with E-state index >= 15 is 0 Å². The Labute approximate surface area is 191 Å². The molecular formula is C31H22NO+. The maximum Gasteiger partial charge on any atom is 0.293 e. The van der Waals surface area contributed by atoms with Crippen LogP contribution in [-0.4, -0.2) is 0 Å². The van der Waals surface area contributed by atoms with Crippen molar-refractivity contribution in [2.24, 2.45) is 0 Å². The quantitative estimate of drug-likeness (QED) is 0.185. The van der Waals surface area contributed by atoms with Gasteiger partial charge in [-0.25, -0.2) is 0 Å². The normalized spacial score (nSPS) is 15.3. The van der Waals surface area contributed by atoms with Crippen molar-refractivity contribution in [1.82, 2.24) is 0 Å². The van der Waals surface area contributed by atoms with Crippen LogP contribution in [-0.2, 0) is 12.1 Å². The topological polar surface area (TPSA) is 13.1 Å². The Kier molecular flexibility index (Phi) is 3.05. The molecule has 6 aromatic rings. The number of ether oxygens (including phenoxy) is 1. The third-order valence-corrected chi connectivity index (χ3v) is 7.89. The number of hydrogen-bond acceptors (Lipinski definition) is 1. The van der Waals surface area contributed by atoms with Gasteiger partial charge in [0.05, 0.1) is 5.56 Å². The average Bonchev–Trinajstić information content (AvgIpc) is 3.06. The first-order valence-corrected chi connectivity index (χ1v) is 11.6. The maximum absolute atomic E-state index is 6.60. The van der Waals surface area contributed by atoms with Gasteiger partial charge in [0, 0.05) is 27.8 Å². The van der Waals surface area contributed by atoms with E-state index in [1.54, 1.807) is 0 Å². The van der Waals surface area contributed by atoms with Crippen molar-refractivity contribution in [2.75, 3.05) is 0 Å². The summed E-state index contributed by atoms with van der Waals surface area (Å²) in [6.45, 7) is 5.25. The second-order valence-electron chi connectivity index (χ2n) is 10.0. The lowest BCUT2D eigenvalue weighted by Crippen LogP contribution is -2.42. The molecule has 8 rings (SSSR count). The summed E-state index contributed by atoms with van der Waals surface area (Å²) in [4.78, 5) is 0. The molecule has 0 saturated carbocycles. The third kappa shape index (κ3) is 2.11. The van der Waals surface area contributed by atoms with Gasteiger partial charge >= 0.3 is 0 Å². The fraction of sp³-hybridized carbons (Fsp3) is 0.129. The van der Waals surface area contributed by atoms with Gasteiger partial charge in [0.2, 0.25) is 11.2 Å². The molecule has 0 saturated heterocycles. The monoisotopic (exact) mass is 424 g/mol. The van der Waals surface area contributed by atoms with Crippen LogP contribution in [0.15, 0.2) is 84.9 Å². The van der Waals surface area contributed by atoms with Crippen LogP contribution in [0.2, 0.25) is 0 Å². The van der Waals surface area contributed by atoms with Gasteiger partial charge in [-0.3, -0.25) is 0 Å². The molecule has 0 bridgehead atoms. The second-order valence-corrected chi connectivity index (χ2v) is 10.0. The largest absolute Gasteiger partial charge is 0.434 e. The number of aromatic nitrogens is 1. The summed E-state index contributed by atoms with van der Waals surface area (Å²) < 4.78 is 9.00. The van der Waals surface area contributed by atoms with Crippen molar-refractivity contribution >= 4 is 43.2 Å². The van der Waals surface area contributed by atoms with Crippen LogP contribution >= 0.6 is 0 Å². The standard InChI is InChI=1S/C31H22NO/c1-31(2)25-14-22-11-18-7-3-5-9-20(18)13-24(22)30-28(25)29-26(31)15-23-12-19-8-4-6-10-21(19)16-27(23)32(29)17-33-30/h3-16H,17H2,1-2H3/q+1. The zero-order valence-electron chi connectivity index (χ0n) is 18.6. The zero-order chi connectivity index (χ0) is 21.9. The first-order valence-electron chi connectivity index (χ1n) is 11.6. The third-order valence-electron chi connectivity index (χ3n) is 7.89. The molecule has 0 spiro atoms. The maximum atomic E-state index is 6.60. The van der Waals surface area contributed by atoms with Crippen molar-refractivity contribution in [3.63, 3.8) is 0 Å². The predicted octanol–water partition coefficient (Wildman–Crippen LogP) is 7.24. The second kappa shape index (κ2) is 5.71. The van der Waals surface area contributed by atoms with Gasteiger partial charge in [-0.05, 0) is 62.8 Å². The lowest BCUT2D eigenvalue weighted by atomic mass is 9.81. The molecule has 0 fully saturated rings. The summed E-state index contributed by atoms with van der Waals surface area (Å²) in [5.74, 6) is 1.04. The highest BCUT2D eigenvalue weighted by Gasteiger charge is 2.47. The Hall–Kier alpha value is -3.91. The molecule has 0 atom stereocenters. The molecule has 33 heavy (non-hydrogen) atoms. The number of pyridine rings is 1. The highest BCUT2D eigenvalue weighted by Crippen LogP contribution is 2.55. The predicted molar refractivity (Wildman–Crippen MR) is 135 cm³/mol. The summed E-state index contributed by atoms with van der Waals surface area (Å²) in [6, 6.07) is 31.3. The van der Waals surface area contributed by atoms with Gasteiger partial charge in [-0.15, -0.1) is 0 Å². The van der Waals surface area contributed by atoms with Crippen LogP contribution in [0.3, 0.4) is 0 Å². The van der Waals surface area contributed by atoms with E-state index in [9.17, 15) is 0 Å². The minimum absolute atomic E-state index is 0.0888. The molecule has 2 nitrogen and oxygen atoms in total. The summed E-state index contributed by atoms with van der Waals surface area (Å²) in [6.07, 6.45) is 0. The molecule has 5 aromatic carbocycles. The van der Waals surface area contributed by atoms with Crippen LogP contribution in [0.4, 0.5) is 0 Å². The van der Waals surface area contributed by atoms with Crippen molar-refractivity contribution in [3.05, 3.63) is 96.1 Å². The van der Waals surface area contributed by atoms with Gasteiger partial charge in [0.15, 0.2) is 0 Å². The van der Waals surface area contributed by atoms with Crippen molar-refractivity contribution in [3.8, 4) is 17.0 Å². The van der Waals surface area contributed by atoms with E-state index in [-0.39, 0.29) is 5.41 Å². The molecule has 2 heterocycles. The van der Waals surface area contributed by atoms with Crippen LogP contribution in [0.5, 0.6) is 5.75 Å². The minimum Gasteiger partial charge on any atom is -0.434 e. The van der Waals surface area contributed by atoms with E-state index in [0.717, 1.165) is 5.75 Å². The van der Waals surface area contributed by atoms with E-state index in [4.69, 9.17) is 4.74 Å². The number of rotatable bonds is 0. The summed E-state index contributed by atoms with van der Waals surface area (Å²) in [5.41, 5.74) is 6.51. The van der Waals surface area contributed by atoms with Gasteiger partial charge in [-0.2, -0.15) is 4.57 Å². The Bertz CT molecular complexity index is 1710. The van der Waals surface area contributed by atoms with Crippen LogP contribution in [0, 0.1) is 0 Å². The summed E-state index contributed by atoms with van der Waals surface area (Å²) in [7, 11) is 0. The first kappa shape index (κ1) is 17.6. The van der Waals surface area contributed by atoms with E-state index in [0.29, 0.717) is 6.73 Å². The number of benzene rings is 5. The van der Waals surface area contributed by atoms with Gasteiger partial charge < -0.3 is 4.74 Å². The average molecular weight is 425 g/mol. The Morgan fingerprint density at radius 2 is 1.27 bits per heavy atom. The molecular weight excluding hydrogens is 402 g/mol. The molecule has 0 unspecified atom stereocenters. The van der Waals surface area contributed by atoms with Crippen molar-refractivity contribution in [2.45, 2.75) is 26.0 Å².